The first kappa shape index (κ1) is 17.0. The number of hydrogen-bond acceptors (Lipinski definition) is 3. The molecule has 0 heterocycles. The highest BCUT2D eigenvalue weighted by Gasteiger charge is 2.06. The standard InChI is InChI=1S/C16H15Cl2NO2S/c1-21-13-5-2-11(3-6-13)9-19-16(20)10-22-15-8-12(17)4-7-14(15)18/h2-8H,9-10H2,1H3,(H,19,20). The van der Waals surface area contributed by atoms with Gasteiger partial charge in [0.05, 0.1) is 17.9 Å². The molecule has 0 atom stereocenters. The molecule has 0 aromatic heterocycles. The van der Waals surface area contributed by atoms with E-state index in [0.717, 1.165) is 16.2 Å². The number of carbonyl (C=O) groups excluding carboxylic acids is 1. The summed E-state index contributed by atoms with van der Waals surface area (Å²) in [7, 11) is 1.62. The van der Waals surface area contributed by atoms with Crippen LogP contribution in [0.15, 0.2) is 47.4 Å². The molecule has 6 heteroatoms. The summed E-state index contributed by atoms with van der Waals surface area (Å²) in [5.74, 6) is 1.02. The quantitative estimate of drug-likeness (QED) is 0.779. The lowest BCUT2D eigenvalue weighted by atomic mass is 10.2. The number of rotatable bonds is 6. The molecule has 0 aliphatic heterocycles. The summed E-state index contributed by atoms with van der Waals surface area (Å²) in [6, 6.07) is 12.8. The number of methoxy groups -OCH3 is 1. The molecule has 0 bridgehead atoms. The summed E-state index contributed by atoms with van der Waals surface area (Å²) in [6.45, 7) is 0.479. The van der Waals surface area contributed by atoms with Crippen LogP contribution in [-0.2, 0) is 11.3 Å². The molecular formula is C16H15Cl2NO2S. The van der Waals surface area contributed by atoms with Crippen LogP contribution in [0.2, 0.25) is 10.0 Å². The van der Waals surface area contributed by atoms with Gasteiger partial charge >= 0.3 is 0 Å². The number of carbonyl (C=O) groups is 1. The first-order chi connectivity index (χ1) is 10.6. The van der Waals surface area contributed by atoms with Crippen LogP contribution in [0.3, 0.4) is 0 Å². The Morgan fingerprint density at radius 3 is 2.59 bits per heavy atom. The summed E-state index contributed by atoms with van der Waals surface area (Å²) in [6.07, 6.45) is 0. The Bertz CT molecular complexity index is 647. The van der Waals surface area contributed by atoms with E-state index in [-0.39, 0.29) is 11.7 Å². The molecule has 0 saturated heterocycles. The van der Waals surface area contributed by atoms with Crippen molar-refractivity contribution in [2.75, 3.05) is 12.9 Å². The Labute approximate surface area is 144 Å². The topological polar surface area (TPSA) is 38.3 Å². The van der Waals surface area contributed by atoms with Crippen LogP contribution >= 0.6 is 35.0 Å². The molecule has 2 aromatic rings. The normalized spacial score (nSPS) is 10.3. The largest absolute Gasteiger partial charge is 0.497 e. The van der Waals surface area contributed by atoms with Crippen molar-refractivity contribution in [2.24, 2.45) is 0 Å². The van der Waals surface area contributed by atoms with Crippen LogP contribution in [0.1, 0.15) is 5.56 Å². The van der Waals surface area contributed by atoms with Gasteiger partial charge in [0, 0.05) is 16.5 Å². The number of hydrogen-bond donors (Lipinski definition) is 1. The molecule has 0 unspecified atom stereocenters. The molecule has 3 nitrogen and oxygen atoms in total. The van der Waals surface area contributed by atoms with Gasteiger partial charge in [-0.25, -0.2) is 0 Å². The molecule has 1 amide bonds. The summed E-state index contributed by atoms with van der Waals surface area (Å²) in [4.78, 5) is 12.7. The lowest BCUT2D eigenvalue weighted by Crippen LogP contribution is -2.24. The minimum atomic E-state index is -0.0585. The summed E-state index contributed by atoms with van der Waals surface area (Å²) >= 11 is 13.3. The van der Waals surface area contributed by atoms with E-state index in [4.69, 9.17) is 27.9 Å². The highest BCUT2D eigenvalue weighted by Crippen LogP contribution is 2.29. The zero-order valence-corrected chi connectivity index (χ0v) is 14.3. The Balaban J connectivity index is 1.81. The fourth-order valence-corrected chi connectivity index (χ4v) is 3.05. The third kappa shape index (κ3) is 5.13. The number of benzene rings is 2. The molecular weight excluding hydrogens is 341 g/mol. The summed E-state index contributed by atoms with van der Waals surface area (Å²) in [5, 5.41) is 4.06. The molecule has 22 heavy (non-hydrogen) atoms. The minimum Gasteiger partial charge on any atom is -0.497 e. The molecule has 0 fully saturated rings. The minimum absolute atomic E-state index is 0.0585. The van der Waals surface area contributed by atoms with Crippen molar-refractivity contribution in [2.45, 2.75) is 11.4 Å². The molecule has 2 rings (SSSR count). The average molecular weight is 356 g/mol. The smallest absolute Gasteiger partial charge is 0.230 e. The van der Waals surface area contributed by atoms with Crippen LogP contribution in [0.5, 0.6) is 5.75 Å². The molecule has 0 aliphatic rings. The Hall–Kier alpha value is -1.36. The second kappa shape index (κ2) is 8.32. The third-order valence-corrected chi connectivity index (χ3v) is 4.63. The zero-order valence-electron chi connectivity index (χ0n) is 11.9. The zero-order chi connectivity index (χ0) is 15.9. The van der Waals surface area contributed by atoms with Crippen LogP contribution in [-0.4, -0.2) is 18.8 Å². The fourth-order valence-electron chi connectivity index (χ4n) is 1.73. The van der Waals surface area contributed by atoms with Crippen LogP contribution in [0.25, 0.3) is 0 Å². The highest BCUT2D eigenvalue weighted by molar-refractivity contribution is 8.00. The summed E-state index contributed by atoms with van der Waals surface area (Å²) in [5.41, 5.74) is 1.01. The van der Waals surface area contributed by atoms with E-state index >= 15 is 0 Å². The van der Waals surface area contributed by atoms with E-state index in [1.165, 1.54) is 11.8 Å². The van der Waals surface area contributed by atoms with Gasteiger partial charge in [-0.05, 0) is 35.9 Å². The molecule has 0 spiro atoms. The predicted molar refractivity (Wildman–Crippen MR) is 92.0 cm³/mol. The lowest BCUT2D eigenvalue weighted by molar-refractivity contribution is -0.118. The van der Waals surface area contributed by atoms with Crippen molar-refractivity contribution in [3.05, 3.63) is 58.1 Å². The van der Waals surface area contributed by atoms with Crippen molar-refractivity contribution >= 4 is 40.9 Å². The van der Waals surface area contributed by atoms with Crippen molar-refractivity contribution in [1.82, 2.24) is 5.32 Å². The van der Waals surface area contributed by atoms with E-state index < -0.39 is 0 Å². The number of thioether (sulfide) groups is 1. The second-order valence-corrected chi connectivity index (χ2v) is 6.35. The van der Waals surface area contributed by atoms with Gasteiger partial charge in [-0.2, -0.15) is 0 Å². The molecule has 1 N–H and O–H groups in total. The van der Waals surface area contributed by atoms with Gasteiger partial charge in [0.15, 0.2) is 0 Å². The molecule has 0 saturated carbocycles. The van der Waals surface area contributed by atoms with Crippen molar-refractivity contribution in [3.63, 3.8) is 0 Å². The maximum Gasteiger partial charge on any atom is 0.230 e. The van der Waals surface area contributed by atoms with E-state index in [1.807, 2.05) is 24.3 Å². The Morgan fingerprint density at radius 2 is 1.91 bits per heavy atom. The third-order valence-electron chi connectivity index (χ3n) is 2.90. The van der Waals surface area contributed by atoms with Gasteiger partial charge in [0.1, 0.15) is 5.75 Å². The number of halogens is 2. The van der Waals surface area contributed by atoms with Crippen LogP contribution in [0, 0.1) is 0 Å². The molecule has 0 aliphatic carbocycles. The Kier molecular flexibility index (Phi) is 6.43. The lowest BCUT2D eigenvalue weighted by Gasteiger charge is -2.07. The number of amides is 1. The first-order valence-electron chi connectivity index (χ1n) is 6.56. The van der Waals surface area contributed by atoms with Crippen molar-refractivity contribution in [3.8, 4) is 5.75 Å². The maximum absolute atomic E-state index is 11.9. The molecule has 116 valence electrons. The van der Waals surface area contributed by atoms with E-state index in [1.54, 1.807) is 25.3 Å². The van der Waals surface area contributed by atoms with Gasteiger partial charge in [-0.15, -0.1) is 11.8 Å². The number of ether oxygens (including phenoxy) is 1. The van der Waals surface area contributed by atoms with Gasteiger partial charge < -0.3 is 10.1 Å². The highest BCUT2D eigenvalue weighted by atomic mass is 35.5. The fraction of sp³-hybridized carbons (Fsp3) is 0.188. The van der Waals surface area contributed by atoms with Crippen LogP contribution < -0.4 is 10.1 Å². The second-order valence-electron chi connectivity index (χ2n) is 4.49. The summed E-state index contributed by atoms with van der Waals surface area (Å²) < 4.78 is 5.09. The molecule has 0 radical (unpaired) electrons. The van der Waals surface area contributed by atoms with Gasteiger partial charge in [-0.3, -0.25) is 4.79 Å². The SMILES string of the molecule is COc1ccc(CNC(=O)CSc2cc(Cl)ccc2Cl)cc1. The average Bonchev–Trinajstić information content (AvgIpc) is 2.54. The van der Waals surface area contributed by atoms with Crippen molar-refractivity contribution < 1.29 is 9.53 Å². The molecule has 2 aromatic carbocycles. The van der Waals surface area contributed by atoms with E-state index in [9.17, 15) is 4.79 Å². The first-order valence-corrected chi connectivity index (χ1v) is 8.30. The number of nitrogens with one attached hydrogen (secondary N) is 1. The van der Waals surface area contributed by atoms with E-state index in [2.05, 4.69) is 5.32 Å². The maximum atomic E-state index is 11.9. The van der Waals surface area contributed by atoms with Gasteiger partial charge in [0.25, 0.3) is 0 Å². The van der Waals surface area contributed by atoms with E-state index in [0.29, 0.717) is 16.6 Å². The Morgan fingerprint density at radius 1 is 1.18 bits per heavy atom. The predicted octanol–water partition coefficient (Wildman–Crippen LogP) is 4.41. The monoisotopic (exact) mass is 355 g/mol. The van der Waals surface area contributed by atoms with Crippen molar-refractivity contribution in [1.29, 1.82) is 0 Å². The van der Waals surface area contributed by atoms with Gasteiger partial charge in [0.2, 0.25) is 5.91 Å². The van der Waals surface area contributed by atoms with Gasteiger partial charge in [-0.1, -0.05) is 35.3 Å². The van der Waals surface area contributed by atoms with Crippen LogP contribution in [0.4, 0.5) is 0 Å².